The standard InChI is InChI=1S/C11H15N3O4/c1-6(2-10(12)14-18)13-11(17)7-3-8(15)5-9(16)4-7/h3-6,15-16,18H,2H2,1H3,(H2,12,14)(H,13,17). The van der Waals surface area contributed by atoms with Crippen LogP contribution in [-0.4, -0.2) is 33.2 Å². The average Bonchev–Trinajstić information content (AvgIpc) is 2.27. The molecule has 1 unspecified atom stereocenters. The van der Waals surface area contributed by atoms with Gasteiger partial charge in [0.25, 0.3) is 5.91 Å². The quantitative estimate of drug-likeness (QED) is 0.229. The average molecular weight is 253 g/mol. The molecule has 0 saturated heterocycles. The number of amidine groups is 1. The van der Waals surface area contributed by atoms with Gasteiger partial charge >= 0.3 is 0 Å². The lowest BCUT2D eigenvalue weighted by atomic mass is 10.1. The number of phenolic OH excluding ortho intramolecular Hbond substituents is 2. The molecule has 0 radical (unpaired) electrons. The molecule has 1 rings (SSSR count). The molecule has 0 aliphatic carbocycles. The summed E-state index contributed by atoms with van der Waals surface area (Å²) in [5.41, 5.74) is 5.43. The molecule has 18 heavy (non-hydrogen) atoms. The molecular formula is C11H15N3O4. The molecule has 6 N–H and O–H groups in total. The number of carbonyl (C=O) groups is 1. The first-order valence-corrected chi connectivity index (χ1v) is 5.22. The van der Waals surface area contributed by atoms with Gasteiger partial charge in [-0.05, 0) is 19.1 Å². The van der Waals surface area contributed by atoms with Crippen molar-refractivity contribution in [3.8, 4) is 11.5 Å². The summed E-state index contributed by atoms with van der Waals surface area (Å²) in [6.07, 6.45) is 0.188. The van der Waals surface area contributed by atoms with Gasteiger partial charge in [-0.1, -0.05) is 5.16 Å². The van der Waals surface area contributed by atoms with Crippen LogP contribution < -0.4 is 11.1 Å². The van der Waals surface area contributed by atoms with Gasteiger partial charge in [0.05, 0.1) is 0 Å². The molecule has 0 fully saturated rings. The van der Waals surface area contributed by atoms with Crippen molar-refractivity contribution < 1.29 is 20.2 Å². The Bertz CT molecular complexity index is 453. The fourth-order valence-corrected chi connectivity index (χ4v) is 1.44. The first-order valence-electron chi connectivity index (χ1n) is 5.22. The largest absolute Gasteiger partial charge is 0.508 e. The van der Waals surface area contributed by atoms with Crippen LogP contribution >= 0.6 is 0 Å². The third-order valence-electron chi connectivity index (χ3n) is 2.19. The van der Waals surface area contributed by atoms with Gasteiger partial charge in [-0.3, -0.25) is 4.79 Å². The number of hydrogen-bond acceptors (Lipinski definition) is 5. The summed E-state index contributed by atoms with van der Waals surface area (Å²) in [4.78, 5) is 11.8. The van der Waals surface area contributed by atoms with E-state index >= 15 is 0 Å². The minimum atomic E-state index is -0.473. The van der Waals surface area contributed by atoms with Crippen molar-refractivity contribution in [2.75, 3.05) is 0 Å². The van der Waals surface area contributed by atoms with Crippen LogP contribution in [0.3, 0.4) is 0 Å². The van der Waals surface area contributed by atoms with Gasteiger partial charge in [0.2, 0.25) is 0 Å². The molecule has 0 aromatic heterocycles. The number of hydrogen-bond donors (Lipinski definition) is 5. The van der Waals surface area contributed by atoms with Crippen molar-refractivity contribution in [3.05, 3.63) is 23.8 Å². The summed E-state index contributed by atoms with van der Waals surface area (Å²) in [7, 11) is 0. The van der Waals surface area contributed by atoms with Crippen LogP contribution in [0.15, 0.2) is 23.4 Å². The number of nitrogens with one attached hydrogen (secondary N) is 1. The van der Waals surface area contributed by atoms with Gasteiger partial charge in [-0.25, -0.2) is 0 Å². The van der Waals surface area contributed by atoms with Crippen molar-refractivity contribution in [2.45, 2.75) is 19.4 Å². The predicted molar refractivity (Wildman–Crippen MR) is 64.7 cm³/mol. The summed E-state index contributed by atoms with van der Waals surface area (Å²) in [5, 5.41) is 32.3. The number of nitrogens with two attached hydrogens (primary N) is 1. The monoisotopic (exact) mass is 253 g/mol. The summed E-state index contributed by atoms with van der Waals surface area (Å²) < 4.78 is 0. The number of amides is 1. The van der Waals surface area contributed by atoms with E-state index in [4.69, 9.17) is 10.9 Å². The van der Waals surface area contributed by atoms with Crippen LogP contribution in [0.4, 0.5) is 0 Å². The minimum absolute atomic E-state index is 0.00144. The highest BCUT2D eigenvalue weighted by molar-refractivity contribution is 5.95. The molecule has 1 atom stereocenters. The van der Waals surface area contributed by atoms with Crippen molar-refractivity contribution in [1.29, 1.82) is 0 Å². The fraction of sp³-hybridized carbons (Fsp3) is 0.273. The smallest absolute Gasteiger partial charge is 0.251 e. The maximum atomic E-state index is 11.8. The summed E-state index contributed by atoms with van der Waals surface area (Å²) in [5.74, 6) is -0.880. The van der Waals surface area contributed by atoms with Crippen molar-refractivity contribution in [1.82, 2.24) is 5.32 Å². The highest BCUT2D eigenvalue weighted by Crippen LogP contribution is 2.20. The van der Waals surface area contributed by atoms with Crippen molar-refractivity contribution >= 4 is 11.7 Å². The number of phenols is 2. The van der Waals surface area contributed by atoms with E-state index in [9.17, 15) is 15.0 Å². The van der Waals surface area contributed by atoms with Crippen LogP contribution in [0, 0.1) is 0 Å². The third-order valence-corrected chi connectivity index (χ3v) is 2.19. The van der Waals surface area contributed by atoms with Crippen LogP contribution in [0.25, 0.3) is 0 Å². The maximum Gasteiger partial charge on any atom is 0.251 e. The molecule has 0 aliphatic rings. The Kier molecular flexibility index (Phi) is 4.36. The van der Waals surface area contributed by atoms with Crippen LogP contribution in [-0.2, 0) is 0 Å². The van der Waals surface area contributed by atoms with E-state index in [0.29, 0.717) is 0 Å². The molecular weight excluding hydrogens is 238 g/mol. The summed E-state index contributed by atoms with van der Waals surface area (Å²) in [6.45, 7) is 1.68. The molecule has 1 aromatic carbocycles. The molecule has 0 saturated carbocycles. The minimum Gasteiger partial charge on any atom is -0.508 e. The molecule has 1 amide bonds. The van der Waals surface area contributed by atoms with E-state index in [2.05, 4.69) is 10.5 Å². The number of oxime groups is 1. The maximum absolute atomic E-state index is 11.8. The molecule has 0 heterocycles. The van der Waals surface area contributed by atoms with Crippen molar-refractivity contribution in [3.63, 3.8) is 0 Å². The SMILES string of the molecule is CC(C/C(N)=N/O)NC(=O)c1cc(O)cc(O)c1. The summed E-state index contributed by atoms with van der Waals surface area (Å²) >= 11 is 0. The molecule has 7 nitrogen and oxygen atoms in total. The Morgan fingerprint density at radius 1 is 1.39 bits per heavy atom. The topological polar surface area (TPSA) is 128 Å². The van der Waals surface area contributed by atoms with E-state index in [0.717, 1.165) is 6.07 Å². The van der Waals surface area contributed by atoms with Gasteiger partial charge < -0.3 is 26.5 Å². The van der Waals surface area contributed by atoms with Crippen LogP contribution in [0.2, 0.25) is 0 Å². The van der Waals surface area contributed by atoms with E-state index < -0.39 is 5.91 Å². The van der Waals surface area contributed by atoms with Gasteiger partial charge in [0, 0.05) is 24.1 Å². The second-order valence-corrected chi connectivity index (χ2v) is 3.91. The van der Waals surface area contributed by atoms with Crippen molar-refractivity contribution in [2.24, 2.45) is 10.9 Å². The Labute approximate surface area is 104 Å². The zero-order valence-electron chi connectivity index (χ0n) is 9.79. The fourth-order valence-electron chi connectivity index (χ4n) is 1.44. The molecule has 7 heteroatoms. The second-order valence-electron chi connectivity index (χ2n) is 3.91. The van der Waals surface area contributed by atoms with Crippen LogP contribution in [0.5, 0.6) is 11.5 Å². The van der Waals surface area contributed by atoms with E-state index in [1.165, 1.54) is 12.1 Å². The third kappa shape index (κ3) is 3.85. The molecule has 98 valence electrons. The zero-order valence-corrected chi connectivity index (χ0v) is 9.79. The molecule has 0 aliphatic heterocycles. The number of carbonyl (C=O) groups excluding carboxylic acids is 1. The first-order chi connectivity index (χ1) is 8.42. The van der Waals surface area contributed by atoms with Gasteiger partial charge in [-0.15, -0.1) is 0 Å². The van der Waals surface area contributed by atoms with Gasteiger partial charge in [0.15, 0.2) is 0 Å². The van der Waals surface area contributed by atoms with Gasteiger partial charge in [-0.2, -0.15) is 0 Å². The highest BCUT2D eigenvalue weighted by atomic mass is 16.4. The molecule has 0 bridgehead atoms. The van der Waals surface area contributed by atoms with Crippen LogP contribution in [0.1, 0.15) is 23.7 Å². The first kappa shape index (κ1) is 13.6. The van der Waals surface area contributed by atoms with E-state index in [1.54, 1.807) is 6.92 Å². The predicted octanol–water partition coefficient (Wildman–Crippen LogP) is 0.353. The second kappa shape index (κ2) is 5.76. The number of aromatic hydroxyl groups is 2. The number of nitrogens with zero attached hydrogens (tertiary/aromatic N) is 1. The highest BCUT2D eigenvalue weighted by Gasteiger charge is 2.12. The normalized spacial score (nSPS) is 13.1. The lowest BCUT2D eigenvalue weighted by Gasteiger charge is -2.13. The Morgan fingerprint density at radius 3 is 2.44 bits per heavy atom. The Hall–Kier alpha value is -2.44. The Morgan fingerprint density at radius 2 is 1.94 bits per heavy atom. The lowest BCUT2D eigenvalue weighted by Crippen LogP contribution is -2.35. The molecule has 0 spiro atoms. The Balaban J connectivity index is 2.70. The summed E-state index contributed by atoms with van der Waals surface area (Å²) in [6, 6.07) is 3.23. The molecule has 1 aromatic rings. The number of benzene rings is 1. The van der Waals surface area contributed by atoms with E-state index in [1.807, 2.05) is 0 Å². The zero-order chi connectivity index (χ0) is 13.7. The lowest BCUT2D eigenvalue weighted by molar-refractivity contribution is 0.0940. The van der Waals surface area contributed by atoms with E-state index in [-0.39, 0.29) is 35.4 Å². The number of rotatable bonds is 4. The van der Waals surface area contributed by atoms with Gasteiger partial charge in [0.1, 0.15) is 17.3 Å².